The van der Waals surface area contributed by atoms with Gasteiger partial charge in [-0.3, -0.25) is 4.79 Å². The van der Waals surface area contributed by atoms with E-state index in [4.69, 9.17) is 4.74 Å². The lowest BCUT2D eigenvalue weighted by Gasteiger charge is -2.10. The number of rotatable bonds is 4. The van der Waals surface area contributed by atoms with E-state index in [1.807, 2.05) is 26.0 Å². The number of hydrogen-bond acceptors (Lipinski definition) is 2. The molecule has 0 aliphatic rings. The molecule has 0 amide bonds. The van der Waals surface area contributed by atoms with Crippen molar-refractivity contribution in [2.45, 2.75) is 33.3 Å². The third-order valence-corrected chi connectivity index (χ3v) is 1.95. The molecule has 1 aromatic carbocycles. The lowest BCUT2D eigenvalue weighted by Crippen LogP contribution is -2.06. The van der Waals surface area contributed by atoms with Gasteiger partial charge in [0.1, 0.15) is 5.75 Å². The van der Waals surface area contributed by atoms with Gasteiger partial charge >= 0.3 is 0 Å². The van der Waals surface area contributed by atoms with Crippen molar-refractivity contribution in [1.29, 1.82) is 0 Å². The van der Waals surface area contributed by atoms with Crippen LogP contribution in [0.1, 0.15) is 37.6 Å². The number of benzene rings is 1. The molecular formula is C14H16O2. The molecule has 0 fully saturated rings. The molecule has 1 rings (SSSR count). The van der Waals surface area contributed by atoms with Crippen LogP contribution in [-0.4, -0.2) is 11.9 Å². The molecule has 1 aromatic rings. The molecule has 84 valence electrons. The molecule has 0 heterocycles. The monoisotopic (exact) mass is 216 g/mol. The Morgan fingerprint density at radius 1 is 1.44 bits per heavy atom. The van der Waals surface area contributed by atoms with Crippen molar-refractivity contribution in [3.63, 3.8) is 0 Å². The Kier molecular flexibility index (Phi) is 4.60. The summed E-state index contributed by atoms with van der Waals surface area (Å²) in [7, 11) is 0. The van der Waals surface area contributed by atoms with Crippen molar-refractivity contribution in [3.8, 4) is 17.6 Å². The summed E-state index contributed by atoms with van der Waals surface area (Å²) >= 11 is 0. The SMILES string of the molecule is CC#CCC(=O)c1cccc(OC(C)C)c1. The molecule has 0 unspecified atom stereocenters. The normalized spacial score (nSPS) is 9.50. The lowest BCUT2D eigenvalue weighted by molar-refractivity contribution is 0.0997. The second-order valence-corrected chi connectivity index (χ2v) is 3.72. The van der Waals surface area contributed by atoms with Gasteiger partial charge in [-0.15, -0.1) is 5.92 Å². The number of ether oxygens (including phenoxy) is 1. The average Bonchev–Trinajstić information content (AvgIpc) is 2.25. The zero-order chi connectivity index (χ0) is 12.0. The van der Waals surface area contributed by atoms with Crippen LogP contribution in [0.4, 0.5) is 0 Å². The second-order valence-electron chi connectivity index (χ2n) is 3.72. The van der Waals surface area contributed by atoms with Crippen LogP contribution < -0.4 is 4.74 Å². The highest BCUT2D eigenvalue weighted by Gasteiger charge is 2.05. The molecule has 0 aliphatic carbocycles. The van der Waals surface area contributed by atoms with Crippen LogP contribution in [0.3, 0.4) is 0 Å². The summed E-state index contributed by atoms with van der Waals surface area (Å²) in [5.41, 5.74) is 0.654. The van der Waals surface area contributed by atoms with Gasteiger partial charge in [0.2, 0.25) is 0 Å². The molecule has 0 radical (unpaired) electrons. The molecule has 0 saturated carbocycles. The van der Waals surface area contributed by atoms with Gasteiger partial charge in [0.15, 0.2) is 5.78 Å². The molecule has 0 aromatic heterocycles. The minimum Gasteiger partial charge on any atom is -0.491 e. The number of hydrogen-bond donors (Lipinski definition) is 0. The van der Waals surface area contributed by atoms with Crippen LogP contribution in [-0.2, 0) is 0 Å². The third-order valence-electron chi connectivity index (χ3n) is 1.95. The first-order valence-corrected chi connectivity index (χ1v) is 5.33. The van der Waals surface area contributed by atoms with Gasteiger partial charge in [-0.2, -0.15) is 0 Å². The van der Waals surface area contributed by atoms with Gasteiger partial charge in [-0.05, 0) is 32.9 Å². The van der Waals surface area contributed by atoms with Crippen molar-refractivity contribution in [1.82, 2.24) is 0 Å². The first kappa shape index (κ1) is 12.3. The topological polar surface area (TPSA) is 26.3 Å². The largest absolute Gasteiger partial charge is 0.491 e. The fraction of sp³-hybridized carbons (Fsp3) is 0.357. The Balaban J connectivity index is 2.80. The molecule has 2 heteroatoms. The number of carbonyl (C=O) groups excluding carboxylic acids is 1. The fourth-order valence-electron chi connectivity index (χ4n) is 1.29. The Morgan fingerprint density at radius 2 is 2.19 bits per heavy atom. The highest BCUT2D eigenvalue weighted by Crippen LogP contribution is 2.15. The molecule has 2 nitrogen and oxygen atoms in total. The van der Waals surface area contributed by atoms with E-state index in [0.29, 0.717) is 5.56 Å². The van der Waals surface area contributed by atoms with E-state index in [1.165, 1.54) is 0 Å². The van der Waals surface area contributed by atoms with Crippen LogP contribution in [0.25, 0.3) is 0 Å². The molecule has 16 heavy (non-hydrogen) atoms. The number of ketones is 1. The van der Waals surface area contributed by atoms with Crippen LogP contribution in [0.15, 0.2) is 24.3 Å². The summed E-state index contributed by atoms with van der Waals surface area (Å²) in [5, 5.41) is 0. The van der Waals surface area contributed by atoms with Crippen molar-refractivity contribution < 1.29 is 9.53 Å². The van der Waals surface area contributed by atoms with Crippen LogP contribution >= 0.6 is 0 Å². The first-order valence-electron chi connectivity index (χ1n) is 5.33. The lowest BCUT2D eigenvalue weighted by atomic mass is 10.1. The summed E-state index contributed by atoms with van der Waals surface area (Å²) in [6, 6.07) is 7.22. The van der Waals surface area contributed by atoms with Crippen molar-refractivity contribution in [2.75, 3.05) is 0 Å². The van der Waals surface area contributed by atoms with Gasteiger partial charge in [-0.1, -0.05) is 18.1 Å². The maximum atomic E-state index is 11.7. The minimum atomic E-state index is 0.0311. The smallest absolute Gasteiger partial charge is 0.174 e. The summed E-state index contributed by atoms with van der Waals surface area (Å²) in [4.78, 5) is 11.7. The Bertz CT molecular complexity index is 422. The van der Waals surface area contributed by atoms with E-state index in [2.05, 4.69) is 11.8 Å². The molecular weight excluding hydrogens is 200 g/mol. The quantitative estimate of drug-likeness (QED) is 0.571. The Hall–Kier alpha value is -1.75. The fourth-order valence-corrected chi connectivity index (χ4v) is 1.29. The van der Waals surface area contributed by atoms with Crippen LogP contribution in [0.2, 0.25) is 0 Å². The predicted octanol–water partition coefficient (Wildman–Crippen LogP) is 3.07. The van der Waals surface area contributed by atoms with Gasteiger partial charge in [-0.25, -0.2) is 0 Å². The van der Waals surface area contributed by atoms with E-state index in [9.17, 15) is 4.79 Å². The Labute approximate surface area is 96.6 Å². The van der Waals surface area contributed by atoms with Gasteiger partial charge in [0.05, 0.1) is 12.5 Å². The van der Waals surface area contributed by atoms with Gasteiger partial charge < -0.3 is 4.74 Å². The first-order chi connectivity index (χ1) is 7.63. The minimum absolute atomic E-state index is 0.0311. The maximum absolute atomic E-state index is 11.7. The van der Waals surface area contributed by atoms with Crippen molar-refractivity contribution >= 4 is 5.78 Å². The third kappa shape index (κ3) is 3.78. The summed E-state index contributed by atoms with van der Waals surface area (Å²) in [6.07, 6.45) is 0.377. The van der Waals surface area contributed by atoms with E-state index in [0.717, 1.165) is 5.75 Å². The molecule has 0 bridgehead atoms. The summed E-state index contributed by atoms with van der Waals surface area (Å²) in [5.74, 6) is 6.24. The molecule has 0 N–H and O–H groups in total. The summed E-state index contributed by atoms with van der Waals surface area (Å²) < 4.78 is 5.52. The Morgan fingerprint density at radius 3 is 2.81 bits per heavy atom. The van der Waals surface area contributed by atoms with Gasteiger partial charge in [0.25, 0.3) is 0 Å². The molecule has 0 saturated heterocycles. The number of Topliss-reactive ketones (excluding diaryl/α,β-unsaturated/α-hetero) is 1. The predicted molar refractivity (Wildman–Crippen MR) is 64.6 cm³/mol. The number of carbonyl (C=O) groups is 1. The van der Waals surface area contributed by atoms with Crippen LogP contribution in [0, 0.1) is 11.8 Å². The van der Waals surface area contributed by atoms with E-state index in [-0.39, 0.29) is 18.3 Å². The molecule has 0 aliphatic heterocycles. The average molecular weight is 216 g/mol. The second kappa shape index (κ2) is 5.97. The van der Waals surface area contributed by atoms with E-state index >= 15 is 0 Å². The van der Waals surface area contributed by atoms with E-state index in [1.54, 1.807) is 19.1 Å². The van der Waals surface area contributed by atoms with Gasteiger partial charge in [0, 0.05) is 5.56 Å². The highest BCUT2D eigenvalue weighted by atomic mass is 16.5. The molecule has 0 atom stereocenters. The van der Waals surface area contributed by atoms with Crippen molar-refractivity contribution in [3.05, 3.63) is 29.8 Å². The van der Waals surface area contributed by atoms with Crippen molar-refractivity contribution in [2.24, 2.45) is 0 Å². The highest BCUT2D eigenvalue weighted by molar-refractivity contribution is 5.97. The molecule has 0 spiro atoms. The summed E-state index contributed by atoms with van der Waals surface area (Å²) in [6.45, 7) is 5.64. The zero-order valence-electron chi connectivity index (χ0n) is 9.91. The maximum Gasteiger partial charge on any atom is 0.174 e. The zero-order valence-corrected chi connectivity index (χ0v) is 9.91. The standard InChI is InChI=1S/C14H16O2/c1-4-5-9-14(15)12-7-6-8-13(10-12)16-11(2)3/h6-8,10-11H,9H2,1-3H3. The van der Waals surface area contributed by atoms with E-state index < -0.39 is 0 Å². The van der Waals surface area contributed by atoms with Crippen LogP contribution in [0.5, 0.6) is 5.75 Å².